The molecule has 3 rings (SSSR count). The van der Waals surface area contributed by atoms with Crippen molar-refractivity contribution in [1.82, 2.24) is 20.8 Å². The fourth-order valence-corrected chi connectivity index (χ4v) is 3.74. The van der Waals surface area contributed by atoms with E-state index < -0.39 is 5.91 Å². The average Bonchev–Trinajstić information content (AvgIpc) is 2.95. The van der Waals surface area contributed by atoms with E-state index in [2.05, 4.69) is 20.8 Å². The molecule has 0 saturated carbocycles. The predicted molar refractivity (Wildman–Crippen MR) is 106 cm³/mol. The number of benzene rings is 1. The zero-order valence-electron chi connectivity index (χ0n) is 15.7. The molecule has 0 atom stereocenters. The molecule has 0 radical (unpaired) electrons. The maximum atomic E-state index is 12.2. The molecule has 0 fully saturated rings. The number of hydrogen-bond acceptors (Lipinski definition) is 6. The highest BCUT2D eigenvalue weighted by molar-refractivity contribution is 7.18. The molecule has 0 aliphatic carbocycles. The molecule has 1 aromatic carbocycles. The van der Waals surface area contributed by atoms with Crippen molar-refractivity contribution < 1.29 is 14.3 Å². The van der Waals surface area contributed by atoms with E-state index in [-0.39, 0.29) is 30.1 Å². The van der Waals surface area contributed by atoms with Gasteiger partial charge >= 0.3 is 0 Å². The van der Waals surface area contributed by atoms with Crippen molar-refractivity contribution >= 4 is 33.4 Å². The van der Waals surface area contributed by atoms with Crippen LogP contribution in [0.4, 0.5) is 0 Å². The van der Waals surface area contributed by atoms with Gasteiger partial charge in [-0.15, -0.1) is 11.3 Å². The summed E-state index contributed by atoms with van der Waals surface area (Å²) in [7, 11) is 1.57. The third-order valence-corrected chi connectivity index (χ3v) is 5.38. The van der Waals surface area contributed by atoms with Crippen LogP contribution >= 0.6 is 11.3 Å². The Labute approximate surface area is 164 Å². The molecule has 146 valence electrons. The second-order valence-corrected chi connectivity index (χ2v) is 7.48. The number of fused-ring (bicyclic) bond motifs is 1. The molecular formula is C19H20N4O4S. The van der Waals surface area contributed by atoms with Gasteiger partial charge < -0.3 is 9.72 Å². The van der Waals surface area contributed by atoms with Gasteiger partial charge in [0.2, 0.25) is 11.8 Å². The summed E-state index contributed by atoms with van der Waals surface area (Å²) in [5, 5.41) is 0.555. The number of hydrazine groups is 1. The molecule has 28 heavy (non-hydrogen) atoms. The van der Waals surface area contributed by atoms with Gasteiger partial charge in [-0.2, -0.15) is 0 Å². The van der Waals surface area contributed by atoms with Crippen LogP contribution in [0.1, 0.15) is 21.8 Å². The number of aryl methyl sites for hydroxylation is 2. The van der Waals surface area contributed by atoms with Gasteiger partial charge in [0.1, 0.15) is 16.4 Å². The van der Waals surface area contributed by atoms with Crippen molar-refractivity contribution in [3.05, 3.63) is 56.4 Å². The number of rotatable bonds is 5. The number of aromatic nitrogens is 2. The van der Waals surface area contributed by atoms with Crippen molar-refractivity contribution in [3.63, 3.8) is 0 Å². The number of nitrogens with zero attached hydrogens (tertiary/aromatic N) is 1. The molecule has 0 unspecified atom stereocenters. The number of methoxy groups -OCH3 is 1. The summed E-state index contributed by atoms with van der Waals surface area (Å²) >= 11 is 1.41. The van der Waals surface area contributed by atoms with Gasteiger partial charge in [-0.1, -0.05) is 12.1 Å². The van der Waals surface area contributed by atoms with Crippen LogP contribution < -0.4 is 21.1 Å². The number of amides is 2. The van der Waals surface area contributed by atoms with E-state index >= 15 is 0 Å². The highest BCUT2D eigenvalue weighted by Gasteiger charge is 2.14. The number of ether oxygens (including phenoxy) is 1. The van der Waals surface area contributed by atoms with Gasteiger partial charge in [-0.05, 0) is 37.1 Å². The molecule has 9 heteroatoms. The summed E-state index contributed by atoms with van der Waals surface area (Å²) in [6.45, 7) is 3.79. The smallest absolute Gasteiger partial charge is 0.259 e. The maximum Gasteiger partial charge on any atom is 0.259 e. The summed E-state index contributed by atoms with van der Waals surface area (Å²) in [5.74, 6) is 0.114. The Bertz CT molecular complexity index is 1090. The third kappa shape index (κ3) is 4.37. The van der Waals surface area contributed by atoms with E-state index in [1.165, 1.54) is 11.3 Å². The summed E-state index contributed by atoms with van der Waals surface area (Å²) in [5.41, 5.74) is 6.11. The first-order valence-corrected chi connectivity index (χ1v) is 9.38. The quantitative estimate of drug-likeness (QED) is 0.562. The van der Waals surface area contributed by atoms with Crippen LogP contribution in [0, 0.1) is 13.8 Å². The van der Waals surface area contributed by atoms with Crippen molar-refractivity contribution in [2.45, 2.75) is 26.7 Å². The molecule has 0 spiro atoms. The van der Waals surface area contributed by atoms with Gasteiger partial charge in [0.15, 0.2) is 0 Å². The summed E-state index contributed by atoms with van der Waals surface area (Å²) in [6.07, 6.45) is -0.0386. The normalized spacial score (nSPS) is 10.7. The van der Waals surface area contributed by atoms with E-state index in [1.807, 2.05) is 13.8 Å². The molecule has 2 aromatic heterocycles. The topological polar surface area (TPSA) is 113 Å². The zero-order valence-corrected chi connectivity index (χ0v) is 16.5. The van der Waals surface area contributed by atoms with E-state index in [1.54, 1.807) is 31.4 Å². The standard InChI is InChI=1S/C19H20N4O4S/c1-10-11(2)28-19-17(10)18(26)20-14(21-19)9-16(25)23-22-15(24)8-12-4-6-13(27-3)7-5-12/h4-7H,8-9H2,1-3H3,(H,22,24)(H,23,25)(H,20,21,26). The zero-order chi connectivity index (χ0) is 20.3. The second kappa shape index (κ2) is 8.22. The molecule has 8 nitrogen and oxygen atoms in total. The number of carbonyl (C=O) groups excluding carboxylic acids is 2. The molecule has 0 bridgehead atoms. The largest absolute Gasteiger partial charge is 0.497 e. The fourth-order valence-electron chi connectivity index (χ4n) is 2.69. The Morgan fingerprint density at radius 1 is 1.11 bits per heavy atom. The minimum atomic E-state index is -0.476. The second-order valence-electron chi connectivity index (χ2n) is 6.27. The van der Waals surface area contributed by atoms with Crippen molar-refractivity contribution in [2.24, 2.45) is 0 Å². The van der Waals surface area contributed by atoms with Crippen LogP contribution in [0.3, 0.4) is 0 Å². The third-order valence-electron chi connectivity index (χ3n) is 4.28. The van der Waals surface area contributed by atoms with Crippen LogP contribution in [-0.2, 0) is 22.4 Å². The molecular weight excluding hydrogens is 380 g/mol. The molecule has 0 aliphatic heterocycles. The number of thiophene rings is 1. The number of H-pyrrole nitrogens is 1. The van der Waals surface area contributed by atoms with E-state index in [0.717, 1.165) is 16.0 Å². The first-order valence-electron chi connectivity index (χ1n) is 8.57. The van der Waals surface area contributed by atoms with Crippen LogP contribution in [0.15, 0.2) is 29.1 Å². The summed E-state index contributed by atoms with van der Waals surface area (Å²) in [4.78, 5) is 44.9. The Balaban J connectivity index is 1.57. The predicted octanol–water partition coefficient (Wildman–Crippen LogP) is 1.54. The van der Waals surface area contributed by atoms with Crippen LogP contribution in [0.2, 0.25) is 0 Å². The maximum absolute atomic E-state index is 12.2. The molecule has 3 N–H and O–H groups in total. The molecule has 2 heterocycles. The average molecular weight is 400 g/mol. The number of aromatic amines is 1. The van der Waals surface area contributed by atoms with Crippen molar-refractivity contribution in [1.29, 1.82) is 0 Å². The monoisotopic (exact) mass is 400 g/mol. The van der Waals surface area contributed by atoms with Crippen molar-refractivity contribution in [2.75, 3.05) is 7.11 Å². The number of nitrogens with one attached hydrogen (secondary N) is 3. The SMILES string of the molecule is COc1ccc(CC(=O)NNC(=O)Cc2nc3sc(C)c(C)c3c(=O)[nH]2)cc1. The lowest BCUT2D eigenvalue weighted by molar-refractivity contribution is -0.128. The van der Waals surface area contributed by atoms with Gasteiger partial charge in [-0.3, -0.25) is 25.2 Å². The fraction of sp³-hybridized carbons (Fsp3) is 0.263. The lowest BCUT2D eigenvalue weighted by Crippen LogP contribution is -2.43. The Kier molecular flexibility index (Phi) is 5.74. The first kappa shape index (κ1) is 19.6. The van der Waals surface area contributed by atoms with E-state index in [0.29, 0.717) is 16.0 Å². The minimum Gasteiger partial charge on any atom is -0.497 e. The Morgan fingerprint density at radius 2 is 1.75 bits per heavy atom. The highest BCUT2D eigenvalue weighted by Crippen LogP contribution is 2.25. The van der Waals surface area contributed by atoms with Crippen LogP contribution in [0.25, 0.3) is 10.2 Å². The lowest BCUT2D eigenvalue weighted by Gasteiger charge is -2.08. The molecule has 3 aromatic rings. The Hall–Kier alpha value is -3.20. The molecule has 2 amide bonds. The van der Waals surface area contributed by atoms with Crippen LogP contribution in [-0.4, -0.2) is 28.9 Å². The Morgan fingerprint density at radius 3 is 2.39 bits per heavy atom. The van der Waals surface area contributed by atoms with Crippen molar-refractivity contribution in [3.8, 4) is 5.75 Å². The summed E-state index contributed by atoms with van der Waals surface area (Å²) < 4.78 is 5.06. The van der Waals surface area contributed by atoms with Crippen LogP contribution in [0.5, 0.6) is 5.75 Å². The van der Waals surface area contributed by atoms with Gasteiger partial charge in [0, 0.05) is 4.88 Å². The first-order chi connectivity index (χ1) is 13.4. The molecule has 0 aliphatic rings. The van der Waals surface area contributed by atoms with E-state index in [9.17, 15) is 14.4 Å². The van der Waals surface area contributed by atoms with E-state index in [4.69, 9.17) is 4.74 Å². The van der Waals surface area contributed by atoms with Gasteiger partial charge in [0.25, 0.3) is 5.56 Å². The van der Waals surface area contributed by atoms with Gasteiger partial charge in [-0.25, -0.2) is 4.98 Å². The number of hydrogen-bond donors (Lipinski definition) is 3. The molecule has 0 saturated heterocycles. The lowest BCUT2D eigenvalue weighted by atomic mass is 10.1. The highest BCUT2D eigenvalue weighted by atomic mass is 32.1. The minimum absolute atomic E-state index is 0.110. The summed E-state index contributed by atoms with van der Waals surface area (Å²) in [6, 6.07) is 7.06. The van der Waals surface area contributed by atoms with Gasteiger partial charge in [0.05, 0.1) is 25.3 Å². The number of carbonyl (C=O) groups is 2.